The Bertz CT molecular complexity index is 386. The van der Waals surface area contributed by atoms with Gasteiger partial charge in [-0.05, 0) is 17.7 Å². The SMILES string of the molecule is Nc1ccc(CNC(=O)CN2CCOCC2)cc1. The van der Waals surface area contributed by atoms with E-state index in [1.54, 1.807) is 0 Å². The maximum absolute atomic E-state index is 11.7. The number of anilines is 1. The molecule has 0 spiro atoms. The number of hydrogen-bond donors (Lipinski definition) is 2. The van der Waals surface area contributed by atoms with Gasteiger partial charge in [0, 0.05) is 25.3 Å². The fourth-order valence-corrected chi connectivity index (χ4v) is 1.85. The Balaban J connectivity index is 1.72. The molecule has 0 aromatic heterocycles. The number of carbonyl (C=O) groups is 1. The summed E-state index contributed by atoms with van der Waals surface area (Å²) in [5.41, 5.74) is 7.39. The molecule has 0 saturated carbocycles. The predicted octanol–water partition coefficient (Wildman–Crippen LogP) is 0.217. The van der Waals surface area contributed by atoms with Crippen LogP contribution in [0.3, 0.4) is 0 Å². The summed E-state index contributed by atoms with van der Waals surface area (Å²) in [4.78, 5) is 13.8. The van der Waals surface area contributed by atoms with E-state index >= 15 is 0 Å². The molecule has 1 aromatic carbocycles. The van der Waals surface area contributed by atoms with E-state index < -0.39 is 0 Å². The van der Waals surface area contributed by atoms with E-state index in [4.69, 9.17) is 10.5 Å². The van der Waals surface area contributed by atoms with Crippen molar-refractivity contribution in [2.24, 2.45) is 0 Å². The number of rotatable bonds is 4. The summed E-state index contributed by atoms with van der Waals surface area (Å²) in [6.45, 7) is 4.07. The highest BCUT2D eigenvalue weighted by atomic mass is 16.5. The molecular formula is C13H19N3O2. The monoisotopic (exact) mass is 249 g/mol. The van der Waals surface area contributed by atoms with Crippen molar-refractivity contribution in [3.63, 3.8) is 0 Å². The second kappa shape index (κ2) is 6.37. The van der Waals surface area contributed by atoms with Crippen molar-refractivity contribution in [1.82, 2.24) is 10.2 Å². The molecule has 0 aliphatic carbocycles. The largest absolute Gasteiger partial charge is 0.399 e. The van der Waals surface area contributed by atoms with Crippen LogP contribution in [0.1, 0.15) is 5.56 Å². The predicted molar refractivity (Wildman–Crippen MR) is 70.0 cm³/mol. The molecule has 3 N–H and O–H groups in total. The van der Waals surface area contributed by atoms with Crippen molar-refractivity contribution in [3.05, 3.63) is 29.8 Å². The van der Waals surface area contributed by atoms with Crippen molar-refractivity contribution in [3.8, 4) is 0 Å². The Hall–Kier alpha value is -1.59. The first-order chi connectivity index (χ1) is 8.74. The average Bonchev–Trinajstić information content (AvgIpc) is 2.39. The quantitative estimate of drug-likeness (QED) is 0.749. The van der Waals surface area contributed by atoms with Crippen LogP contribution >= 0.6 is 0 Å². The van der Waals surface area contributed by atoms with Gasteiger partial charge < -0.3 is 15.8 Å². The smallest absolute Gasteiger partial charge is 0.234 e. The molecular weight excluding hydrogens is 230 g/mol. The second-order valence-corrected chi connectivity index (χ2v) is 4.41. The Morgan fingerprint density at radius 2 is 1.94 bits per heavy atom. The van der Waals surface area contributed by atoms with Gasteiger partial charge in [0.05, 0.1) is 19.8 Å². The van der Waals surface area contributed by atoms with Gasteiger partial charge in [0.15, 0.2) is 0 Å². The number of nitrogens with one attached hydrogen (secondary N) is 1. The van der Waals surface area contributed by atoms with Crippen LogP contribution in [0.4, 0.5) is 5.69 Å². The molecule has 1 aromatic rings. The van der Waals surface area contributed by atoms with E-state index in [2.05, 4.69) is 10.2 Å². The first-order valence-electron chi connectivity index (χ1n) is 6.15. The Kier molecular flexibility index (Phi) is 4.55. The minimum atomic E-state index is 0.0497. The van der Waals surface area contributed by atoms with Crippen LogP contribution in [-0.4, -0.2) is 43.7 Å². The van der Waals surface area contributed by atoms with Gasteiger partial charge in [-0.25, -0.2) is 0 Å². The zero-order valence-electron chi connectivity index (χ0n) is 10.4. The number of benzene rings is 1. The molecule has 1 aliphatic heterocycles. The summed E-state index contributed by atoms with van der Waals surface area (Å²) < 4.78 is 5.24. The van der Waals surface area contributed by atoms with Crippen molar-refractivity contribution in [1.29, 1.82) is 0 Å². The second-order valence-electron chi connectivity index (χ2n) is 4.41. The average molecular weight is 249 g/mol. The number of nitrogen functional groups attached to an aromatic ring is 1. The Morgan fingerprint density at radius 3 is 2.61 bits per heavy atom. The van der Waals surface area contributed by atoms with E-state index in [0.717, 1.165) is 24.3 Å². The van der Waals surface area contributed by atoms with Crippen LogP contribution in [0.15, 0.2) is 24.3 Å². The standard InChI is InChI=1S/C13H19N3O2/c14-12-3-1-11(2-4-12)9-15-13(17)10-16-5-7-18-8-6-16/h1-4H,5-10,14H2,(H,15,17). The number of ether oxygens (including phenoxy) is 1. The molecule has 1 saturated heterocycles. The molecule has 5 heteroatoms. The zero-order valence-corrected chi connectivity index (χ0v) is 10.4. The van der Waals surface area contributed by atoms with E-state index in [9.17, 15) is 4.79 Å². The summed E-state index contributed by atoms with van der Waals surface area (Å²) in [5.74, 6) is 0.0497. The summed E-state index contributed by atoms with van der Waals surface area (Å²) in [6, 6.07) is 7.52. The van der Waals surface area contributed by atoms with Gasteiger partial charge in [0.2, 0.25) is 5.91 Å². The molecule has 0 radical (unpaired) electrons. The van der Waals surface area contributed by atoms with E-state index in [0.29, 0.717) is 26.3 Å². The Morgan fingerprint density at radius 1 is 1.28 bits per heavy atom. The fraction of sp³-hybridized carbons (Fsp3) is 0.462. The number of nitrogens with two attached hydrogens (primary N) is 1. The minimum absolute atomic E-state index is 0.0497. The van der Waals surface area contributed by atoms with Gasteiger partial charge in [0.25, 0.3) is 0 Å². The summed E-state index contributed by atoms with van der Waals surface area (Å²) >= 11 is 0. The lowest BCUT2D eigenvalue weighted by Crippen LogP contribution is -2.43. The lowest BCUT2D eigenvalue weighted by molar-refractivity contribution is -0.123. The third kappa shape index (κ3) is 4.01. The van der Waals surface area contributed by atoms with Gasteiger partial charge in [0.1, 0.15) is 0 Å². The van der Waals surface area contributed by atoms with Crippen LogP contribution in [0.25, 0.3) is 0 Å². The first kappa shape index (κ1) is 12.9. The molecule has 18 heavy (non-hydrogen) atoms. The fourth-order valence-electron chi connectivity index (χ4n) is 1.85. The minimum Gasteiger partial charge on any atom is -0.399 e. The lowest BCUT2D eigenvalue weighted by atomic mass is 10.2. The number of carbonyl (C=O) groups excluding carboxylic acids is 1. The molecule has 0 bridgehead atoms. The zero-order chi connectivity index (χ0) is 12.8. The number of nitrogens with zero attached hydrogens (tertiary/aromatic N) is 1. The van der Waals surface area contributed by atoms with Crippen LogP contribution < -0.4 is 11.1 Å². The van der Waals surface area contributed by atoms with E-state index in [-0.39, 0.29) is 5.91 Å². The first-order valence-corrected chi connectivity index (χ1v) is 6.15. The van der Waals surface area contributed by atoms with E-state index in [1.807, 2.05) is 24.3 Å². The molecule has 1 fully saturated rings. The molecule has 98 valence electrons. The van der Waals surface area contributed by atoms with Gasteiger partial charge in [-0.3, -0.25) is 9.69 Å². The number of morpholine rings is 1. The normalized spacial score (nSPS) is 16.4. The maximum Gasteiger partial charge on any atom is 0.234 e. The molecule has 0 unspecified atom stereocenters. The Labute approximate surface area is 107 Å². The molecule has 1 aliphatic rings. The van der Waals surface area contributed by atoms with Gasteiger partial charge in [-0.1, -0.05) is 12.1 Å². The summed E-state index contributed by atoms with van der Waals surface area (Å²) in [7, 11) is 0. The van der Waals surface area contributed by atoms with Crippen LogP contribution in [0.5, 0.6) is 0 Å². The molecule has 0 atom stereocenters. The maximum atomic E-state index is 11.7. The van der Waals surface area contributed by atoms with Gasteiger partial charge in [-0.15, -0.1) is 0 Å². The number of amides is 1. The van der Waals surface area contributed by atoms with Crippen LogP contribution in [0, 0.1) is 0 Å². The third-order valence-corrected chi connectivity index (χ3v) is 2.94. The summed E-state index contributed by atoms with van der Waals surface area (Å²) in [5, 5.41) is 2.90. The highest BCUT2D eigenvalue weighted by Gasteiger charge is 2.13. The summed E-state index contributed by atoms with van der Waals surface area (Å²) in [6.07, 6.45) is 0. The third-order valence-electron chi connectivity index (χ3n) is 2.94. The lowest BCUT2D eigenvalue weighted by Gasteiger charge is -2.25. The topological polar surface area (TPSA) is 67.6 Å². The van der Waals surface area contributed by atoms with E-state index in [1.165, 1.54) is 0 Å². The van der Waals surface area contributed by atoms with Crippen molar-refractivity contribution < 1.29 is 9.53 Å². The molecule has 1 heterocycles. The van der Waals surface area contributed by atoms with Crippen LogP contribution in [0.2, 0.25) is 0 Å². The molecule has 1 amide bonds. The highest BCUT2D eigenvalue weighted by molar-refractivity contribution is 5.78. The molecule has 5 nitrogen and oxygen atoms in total. The highest BCUT2D eigenvalue weighted by Crippen LogP contribution is 2.04. The van der Waals surface area contributed by atoms with Crippen molar-refractivity contribution >= 4 is 11.6 Å². The number of hydrogen-bond acceptors (Lipinski definition) is 4. The van der Waals surface area contributed by atoms with Crippen molar-refractivity contribution in [2.75, 3.05) is 38.6 Å². The van der Waals surface area contributed by atoms with Gasteiger partial charge in [-0.2, -0.15) is 0 Å². The van der Waals surface area contributed by atoms with Gasteiger partial charge >= 0.3 is 0 Å². The molecule has 2 rings (SSSR count). The van der Waals surface area contributed by atoms with Crippen molar-refractivity contribution in [2.45, 2.75) is 6.54 Å². The van der Waals surface area contributed by atoms with Crippen LogP contribution in [-0.2, 0) is 16.1 Å².